The summed E-state index contributed by atoms with van der Waals surface area (Å²) in [6.45, 7) is 5.85. The van der Waals surface area contributed by atoms with Crippen LogP contribution in [0.1, 0.15) is 47.8 Å². The molecule has 0 aliphatic carbocycles. The highest BCUT2D eigenvalue weighted by Gasteiger charge is 2.38. The molecule has 1 aromatic carbocycles. The molecule has 2 fully saturated rings. The van der Waals surface area contributed by atoms with Crippen molar-refractivity contribution in [2.24, 2.45) is 0 Å². The molecule has 3 aliphatic heterocycles. The first-order valence-corrected chi connectivity index (χ1v) is 14.3. The summed E-state index contributed by atoms with van der Waals surface area (Å²) in [6, 6.07) is 7.61. The van der Waals surface area contributed by atoms with Gasteiger partial charge in [0.2, 0.25) is 0 Å². The molecule has 2 aromatic rings. The van der Waals surface area contributed by atoms with E-state index in [4.69, 9.17) is 14.6 Å². The molecule has 1 amide bonds. The zero-order valence-corrected chi connectivity index (χ0v) is 21.2. The molecule has 2 N–H and O–H groups in total. The molecule has 0 radical (unpaired) electrons. The summed E-state index contributed by atoms with van der Waals surface area (Å²) in [7, 11) is -1.32. The molecule has 9 nitrogen and oxygen atoms in total. The Morgan fingerprint density at radius 2 is 1.97 bits per heavy atom. The van der Waals surface area contributed by atoms with Crippen LogP contribution >= 0.6 is 10.6 Å². The van der Waals surface area contributed by atoms with Gasteiger partial charge in [0, 0.05) is 51.0 Å². The van der Waals surface area contributed by atoms with Gasteiger partial charge in [0.25, 0.3) is 5.91 Å². The molecule has 5 rings (SSSR count). The number of morpholine rings is 1. The second-order valence-electron chi connectivity index (χ2n) is 9.60. The molecule has 1 aromatic heterocycles. The van der Waals surface area contributed by atoms with E-state index in [0.717, 1.165) is 63.2 Å². The topological polar surface area (TPSA) is 100 Å². The van der Waals surface area contributed by atoms with E-state index < -0.39 is 10.6 Å². The molecule has 1 atom stereocenters. The molecule has 35 heavy (non-hydrogen) atoms. The number of nitrogens with zero attached hydrogens (tertiary/aromatic N) is 4. The van der Waals surface area contributed by atoms with Gasteiger partial charge in [-0.1, -0.05) is 18.2 Å². The van der Waals surface area contributed by atoms with E-state index in [1.807, 2.05) is 22.9 Å². The molecule has 192 valence electrons. The van der Waals surface area contributed by atoms with Gasteiger partial charge >= 0.3 is 0 Å². The Bertz CT molecular complexity index is 1050. The van der Waals surface area contributed by atoms with Gasteiger partial charge in [-0.05, 0) is 38.3 Å². The second kappa shape index (κ2) is 10.6. The number of rotatable bonds is 6. The fraction of sp³-hybridized carbons (Fsp3) is 0.600. The van der Waals surface area contributed by atoms with Gasteiger partial charge in [-0.2, -0.15) is 15.7 Å². The Kier molecular flexibility index (Phi) is 7.47. The molecule has 2 saturated heterocycles. The molecule has 4 heterocycles. The van der Waals surface area contributed by atoms with Crippen LogP contribution in [-0.2, 0) is 15.2 Å². The number of hydrogen-bond donors (Lipinski definition) is 2. The largest absolute Gasteiger partial charge is 0.385 e. The first kappa shape index (κ1) is 24.7. The van der Waals surface area contributed by atoms with Crippen molar-refractivity contribution in [3.63, 3.8) is 0 Å². The van der Waals surface area contributed by atoms with Gasteiger partial charge in [0.05, 0.1) is 35.6 Å². The highest BCUT2D eigenvalue weighted by atomic mass is 32.3. The summed E-state index contributed by atoms with van der Waals surface area (Å²) in [5.41, 5.74) is 2.68. The maximum atomic E-state index is 13.6. The van der Waals surface area contributed by atoms with Gasteiger partial charge in [-0.3, -0.25) is 18.6 Å². The fourth-order valence-corrected chi connectivity index (χ4v) is 7.15. The standard InChI is InChI=1S/C25H36N4O5S/c1-33-15-5-11-27-10-4-6-19(9-12-27)29-24-20-7-2-3-8-22(20)35(31,32)18-21(24)23(26-29)25(30)28-13-16-34-17-14-28/h2-3,7-8,19,31-32H,4-6,9-18H2,1H3. The smallest absolute Gasteiger partial charge is 0.274 e. The lowest BCUT2D eigenvalue weighted by Gasteiger charge is -2.38. The van der Waals surface area contributed by atoms with E-state index in [0.29, 0.717) is 42.5 Å². The third kappa shape index (κ3) is 5.00. The highest BCUT2D eigenvalue weighted by Crippen LogP contribution is 2.60. The summed E-state index contributed by atoms with van der Waals surface area (Å²) in [6.07, 6.45) is 3.97. The summed E-state index contributed by atoms with van der Waals surface area (Å²) >= 11 is 0. The average Bonchev–Trinajstić information content (AvgIpc) is 3.07. The van der Waals surface area contributed by atoms with Crippen LogP contribution in [0.4, 0.5) is 0 Å². The minimum atomic E-state index is -3.06. The minimum Gasteiger partial charge on any atom is -0.385 e. The van der Waals surface area contributed by atoms with Crippen molar-refractivity contribution in [3.05, 3.63) is 35.5 Å². The zero-order valence-electron chi connectivity index (χ0n) is 20.4. The van der Waals surface area contributed by atoms with Crippen molar-refractivity contribution >= 4 is 16.5 Å². The van der Waals surface area contributed by atoms with Crippen molar-refractivity contribution in [2.45, 2.75) is 42.4 Å². The van der Waals surface area contributed by atoms with Crippen molar-refractivity contribution in [3.8, 4) is 11.3 Å². The van der Waals surface area contributed by atoms with Crippen LogP contribution in [0.15, 0.2) is 29.2 Å². The summed E-state index contributed by atoms with van der Waals surface area (Å²) in [4.78, 5) is 18.4. The number of likely N-dealkylation sites (tertiary alicyclic amines) is 1. The van der Waals surface area contributed by atoms with Crippen molar-refractivity contribution in [2.75, 3.05) is 59.7 Å². The molecule has 0 spiro atoms. The highest BCUT2D eigenvalue weighted by molar-refractivity contribution is 8.23. The number of carbonyl (C=O) groups is 1. The minimum absolute atomic E-state index is 0.0284. The predicted octanol–water partition coefficient (Wildman–Crippen LogP) is 3.71. The van der Waals surface area contributed by atoms with E-state index in [2.05, 4.69) is 4.90 Å². The lowest BCUT2D eigenvalue weighted by molar-refractivity contribution is 0.0297. The van der Waals surface area contributed by atoms with Crippen molar-refractivity contribution < 1.29 is 23.4 Å². The van der Waals surface area contributed by atoms with Crippen LogP contribution in [0.25, 0.3) is 11.3 Å². The fourth-order valence-electron chi connectivity index (χ4n) is 5.51. The van der Waals surface area contributed by atoms with Crippen LogP contribution in [0, 0.1) is 0 Å². The Balaban J connectivity index is 1.51. The Hall–Kier alpha value is -1.95. The molecule has 10 heteroatoms. The number of benzene rings is 1. The van der Waals surface area contributed by atoms with E-state index in [-0.39, 0.29) is 17.7 Å². The monoisotopic (exact) mass is 504 g/mol. The van der Waals surface area contributed by atoms with Crippen LogP contribution in [0.2, 0.25) is 0 Å². The van der Waals surface area contributed by atoms with E-state index in [1.165, 1.54) is 0 Å². The normalized spacial score (nSPS) is 23.3. The first-order chi connectivity index (χ1) is 17.0. The van der Waals surface area contributed by atoms with Gasteiger partial charge in [-0.25, -0.2) is 0 Å². The van der Waals surface area contributed by atoms with E-state index in [1.54, 1.807) is 18.1 Å². The number of ether oxygens (including phenoxy) is 2. The van der Waals surface area contributed by atoms with Gasteiger partial charge < -0.3 is 19.3 Å². The SMILES string of the molecule is COCCCN1CCCC(n2nc(C(=O)N3CCOCC3)c3c2-c2ccccc2S(O)(O)C3)CC1. The molecule has 0 saturated carbocycles. The molecular formula is C25H36N4O5S. The van der Waals surface area contributed by atoms with Gasteiger partial charge in [-0.15, -0.1) is 0 Å². The number of carbonyl (C=O) groups excluding carboxylic acids is 1. The predicted molar refractivity (Wildman–Crippen MR) is 135 cm³/mol. The number of methoxy groups -OCH3 is 1. The molecular weight excluding hydrogens is 468 g/mol. The van der Waals surface area contributed by atoms with Gasteiger partial charge in [0.1, 0.15) is 0 Å². The van der Waals surface area contributed by atoms with Crippen LogP contribution in [-0.4, -0.2) is 94.2 Å². The summed E-state index contributed by atoms with van der Waals surface area (Å²) in [5.74, 6) is -0.117. The molecule has 0 bridgehead atoms. The number of hydrogen-bond acceptors (Lipinski definition) is 7. The number of amides is 1. The maximum Gasteiger partial charge on any atom is 0.274 e. The zero-order chi connectivity index (χ0) is 24.4. The summed E-state index contributed by atoms with van der Waals surface area (Å²) in [5, 5.41) is 4.93. The van der Waals surface area contributed by atoms with Crippen LogP contribution in [0.3, 0.4) is 0 Å². The third-order valence-electron chi connectivity index (χ3n) is 7.31. The lowest BCUT2D eigenvalue weighted by Crippen LogP contribution is -2.41. The summed E-state index contributed by atoms with van der Waals surface area (Å²) < 4.78 is 34.7. The molecule has 1 unspecified atom stereocenters. The maximum absolute atomic E-state index is 13.6. The number of aromatic nitrogens is 2. The Morgan fingerprint density at radius 1 is 1.17 bits per heavy atom. The Morgan fingerprint density at radius 3 is 2.77 bits per heavy atom. The molecule has 3 aliphatic rings. The van der Waals surface area contributed by atoms with Gasteiger partial charge in [0.15, 0.2) is 5.69 Å². The number of fused-ring (bicyclic) bond motifs is 3. The second-order valence-corrected chi connectivity index (χ2v) is 11.7. The first-order valence-electron chi connectivity index (χ1n) is 12.5. The van der Waals surface area contributed by atoms with E-state index >= 15 is 0 Å². The van der Waals surface area contributed by atoms with Crippen molar-refractivity contribution in [1.82, 2.24) is 19.6 Å². The third-order valence-corrected chi connectivity index (χ3v) is 9.06. The van der Waals surface area contributed by atoms with E-state index in [9.17, 15) is 13.9 Å². The van der Waals surface area contributed by atoms with Crippen LogP contribution in [0.5, 0.6) is 0 Å². The Labute approximate surface area is 208 Å². The van der Waals surface area contributed by atoms with Crippen molar-refractivity contribution in [1.29, 1.82) is 0 Å². The van der Waals surface area contributed by atoms with Crippen LogP contribution < -0.4 is 0 Å². The average molecular weight is 505 g/mol. The quantitative estimate of drug-likeness (QED) is 0.579. The lowest BCUT2D eigenvalue weighted by atomic mass is 10.0.